The summed E-state index contributed by atoms with van der Waals surface area (Å²) in [5.41, 5.74) is 11.0. The lowest BCUT2D eigenvalue weighted by molar-refractivity contribution is 0.797. The van der Waals surface area contributed by atoms with Gasteiger partial charge >= 0.3 is 0 Å². The van der Waals surface area contributed by atoms with Crippen LogP contribution in [0.1, 0.15) is 87.3 Å². The van der Waals surface area contributed by atoms with E-state index in [0.717, 1.165) is 6.42 Å². The highest BCUT2D eigenvalue weighted by Gasteiger charge is 2.25. The molecule has 0 fully saturated rings. The van der Waals surface area contributed by atoms with E-state index in [1.807, 2.05) is 39.8 Å². The SMILES string of the molecule is C=Cc1c(C=C)c(CC)c2ccccc2c1C.CC.CC.CCC1c2ccccc2-c2ccccc21. The minimum atomic E-state index is 0.609. The van der Waals surface area contributed by atoms with Gasteiger partial charge in [-0.05, 0) is 75.0 Å². The molecule has 0 N–H and O–H groups in total. The van der Waals surface area contributed by atoms with Gasteiger partial charge in [-0.3, -0.25) is 0 Å². The van der Waals surface area contributed by atoms with Crippen molar-refractivity contribution >= 4 is 22.9 Å². The van der Waals surface area contributed by atoms with E-state index in [1.54, 1.807) is 0 Å². The van der Waals surface area contributed by atoms with Crippen LogP contribution < -0.4 is 0 Å². The third-order valence-corrected chi connectivity index (χ3v) is 6.81. The van der Waals surface area contributed by atoms with Crippen LogP contribution in [-0.2, 0) is 6.42 Å². The monoisotopic (exact) mass is 476 g/mol. The summed E-state index contributed by atoms with van der Waals surface area (Å²) in [6, 6.07) is 26.1. The van der Waals surface area contributed by atoms with Gasteiger partial charge in [0.25, 0.3) is 0 Å². The lowest BCUT2D eigenvalue weighted by atomic mass is 9.88. The van der Waals surface area contributed by atoms with Crippen molar-refractivity contribution in [1.82, 2.24) is 0 Å². The third kappa shape index (κ3) is 5.54. The molecule has 0 aliphatic heterocycles. The van der Waals surface area contributed by atoms with Crippen molar-refractivity contribution in [1.29, 1.82) is 0 Å². The molecule has 0 nitrogen and oxygen atoms in total. The molecule has 188 valence electrons. The van der Waals surface area contributed by atoms with Crippen molar-refractivity contribution in [3.8, 4) is 11.1 Å². The van der Waals surface area contributed by atoms with Gasteiger partial charge in [0.1, 0.15) is 0 Å². The maximum Gasteiger partial charge on any atom is 0.00990 e. The summed E-state index contributed by atoms with van der Waals surface area (Å²) >= 11 is 0. The zero-order valence-electron chi connectivity index (χ0n) is 23.5. The summed E-state index contributed by atoms with van der Waals surface area (Å²) in [5, 5.41) is 2.66. The van der Waals surface area contributed by atoms with Gasteiger partial charge in [-0.15, -0.1) is 0 Å². The molecule has 0 spiro atoms. The second-order valence-corrected chi connectivity index (χ2v) is 8.37. The van der Waals surface area contributed by atoms with Gasteiger partial charge < -0.3 is 0 Å². The number of benzene rings is 4. The summed E-state index contributed by atoms with van der Waals surface area (Å²) in [6.07, 6.45) is 6.10. The van der Waals surface area contributed by atoms with Crippen LogP contribution in [0.2, 0.25) is 0 Å². The zero-order chi connectivity index (χ0) is 26.7. The van der Waals surface area contributed by atoms with Crippen LogP contribution in [0.15, 0.2) is 86.0 Å². The van der Waals surface area contributed by atoms with Crippen molar-refractivity contribution < 1.29 is 0 Å². The molecular formula is C36H44. The lowest BCUT2D eigenvalue weighted by Gasteiger charge is -2.16. The van der Waals surface area contributed by atoms with Crippen molar-refractivity contribution in [3.05, 3.63) is 119 Å². The summed E-state index contributed by atoms with van der Waals surface area (Å²) in [6.45, 7) is 22.5. The van der Waals surface area contributed by atoms with Crippen LogP contribution in [0.25, 0.3) is 34.1 Å². The van der Waals surface area contributed by atoms with Gasteiger partial charge in [0, 0.05) is 5.92 Å². The average Bonchev–Trinajstić information content (AvgIpc) is 3.29. The van der Waals surface area contributed by atoms with Gasteiger partial charge in [-0.2, -0.15) is 0 Å². The number of rotatable bonds is 4. The van der Waals surface area contributed by atoms with Gasteiger partial charge in [-0.1, -0.05) is 140 Å². The number of fused-ring (bicyclic) bond motifs is 4. The molecule has 0 saturated carbocycles. The molecule has 0 saturated heterocycles. The van der Waals surface area contributed by atoms with Gasteiger partial charge in [0.15, 0.2) is 0 Å². The topological polar surface area (TPSA) is 0 Å². The molecule has 0 atom stereocenters. The first-order chi connectivity index (χ1) is 17.7. The Hall–Kier alpha value is -3.38. The van der Waals surface area contributed by atoms with Gasteiger partial charge in [-0.25, -0.2) is 0 Å². The molecule has 0 heteroatoms. The van der Waals surface area contributed by atoms with Gasteiger partial charge in [0.2, 0.25) is 0 Å². The van der Waals surface area contributed by atoms with E-state index in [0.29, 0.717) is 5.92 Å². The third-order valence-electron chi connectivity index (χ3n) is 6.81. The normalized spacial score (nSPS) is 11.0. The van der Waals surface area contributed by atoms with E-state index in [1.165, 1.54) is 61.7 Å². The molecule has 36 heavy (non-hydrogen) atoms. The lowest BCUT2D eigenvalue weighted by Crippen LogP contribution is -1.96. The molecule has 0 unspecified atom stereocenters. The fourth-order valence-electron chi connectivity index (χ4n) is 5.30. The van der Waals surface area contributed by atoms with Gasteiger partial charge in [0.05, 0.1) is 0 Å². The maximum absolute atomic E-state index is 3.95. The molecule has 0 amide bonds. The Balaban J connectivity index is 0.000000224. The molecule has 0 radical (unpaired) electrons. The predicted octanol–water partition coefficient (Wildman–Crippen LogP) is 11.3. The Morgan fingerprint density at radius 1 is 0.639 bits per heavy atom. The van der Waals surface area contributed by atoms with Crippen LogP contribution in [0.5, 0.6) is 0 Å². The van der Waals surface area contributed by atoms with Crippen molar-refractivity contribution in [2.24, 2.45) is 0 Å². The minimum Gasteiger partial charge on any atom is -0.0984 e. The van der Waals surface area contributed by atoms with E-state index in [-0.39, 0.29) is 0 Å². The first-order valence-electron chi connectivity index (χ1n) is 13.6. The fourth-order valence-corrected chi connectivity index (χ4v) is 5.30. The van der Waals surface area contributed by atoms with Crippen LogP contribution in [0.4, 0.5) is 0 Å². The molecule has 5 rings (SSSR count). The van der Waals surface area contributed by atoms with E-state index < -0.39 is 0 Å². The Labute approximate surface area is 220 Å². The van der Waals surface area contributed by atoms with Crippen molar-refractivity contribution in [3.63, 3.8) is 0 Å². The summed E-state index contributed by atoms with van der Waals surface area (Å²) in [7, 11) is 0. The maximum atomic E-state index is 3.95. The zero-order valence-corrected chi connectivity index (χ0v) is 23.5. The minimum absolute atomic E-state index is 0.609. The fraction of sp³-hybridized carbons (Fsp3) is 0.278. The molecule has 4 aromatic rings. The average molecular weight is 477 g/mol. The number of hydrogen-bond donors (Lipinski definition) is 0. The Morgan fingerprint density at radius 3 is 1.53 bits per heavy atom. The van der Waals surface area contributed by atoms with Crippen molar-refractivity contribution in [2.45, 2.75) is 67.2 Å². The summed E-state index contributed by atoms with van der Waals surface area (Å²) in [5.74, 6) is 0.609. The summed E-state index contributed by atoms with van der Waals surface area (Å²) in [4.78, 5) is 0. The molecule has 1 aliphatic rings. The summed E-state index contributed by atoms with van der Waals surface area (Å²) < 4.78 is 0. The molecule has 0 bridgehead atoms. The second kappa shape index (κ2) is 14.2. The van der Waals surface area contributed by atoms with Crippen LogP contribution in [0.3, 0.4) is 0 Å². The van der Waals surface area contributed by atoms with E-state index in [9.17, 15) is 0 Å². The molecule has 0 heterocycles. The molecule has 0 aromatic heterocycles. The van der Waals surface area contributed by atoms with E-state index in [2.05, 4.69) is 107 Å². The largest absolute Gasteiger partial charge is 0.0984 e. The smallest absolute Gasteiger partial charge is 0.00990 e. The Morgan fingerprint density at radius 2 is 1.08 bits per heavy atom. The second-order valence-electron chi connectivity index (χ2n) is 8.37. The highest BCUT2D eigenvalue weighted by atomic mass is 14.3. The standard InChI is InChI=1S/C17H18.C15H14.2C2H6/c1-5-13-12(4)16-10-8-9-11-17(16)15(7-3)14(13)6-2;1-2-11-12-7-3-5-9-14(12)15-10-6-4-8-13(11)15;2*1-2/h5-6,8-11H,1-2,7H2,3-4H3;3-11H,2H2,1H3;2*1-2H3. The molecule has 1 aliphatic carbocycles. The highest BCUT2D eigenvalue weighted by Crippen LogP contribution is 2.45. The van der Waals surface area contributed by atoms with E-state index >= 15 is 0 Å². The molecular weight excluding hydrogens is 432 g/mol. The van der Waals surface area contributed by atoms with Crippen molar-refractivity contribution in [2.75, 3.05) is 0 Å². The van der Waals surface area contributed by atoms with E-state index in [4.69, 9.17) is 0 Å². The van der Waals surface area contributed by atoms with Crippen LogP contribution >= 0.6 is 0 Å². The van der Waals surface area contributed by atoms with Crippen LogP contribution in [0, 0.1) is 6.92 Å². The number of aryl methyl sites for hydroxylation is 2. The molecule has 4 aromatic carbocycles. The Bertz CT molecular complexity index is 1240. The first-order valence-corrected chi connectivity index (χ1v) is 13.6. The predicted molar refractivity (Wildman–Crippen MR) is 165 cm³/mol. The first kappa shape index (κ1) is 28.9. The Kier molecular flexibility index (Phi) is 11.4. The number of hydrogen-bond acceptors (Lipinski definition) is 0. The van der Waals surface area contributed by atoms with Crippen LogP contribution in [-0.4, -0.2) is 0 Å². The highest BCUT2D eigenvalue weighted by molar-refractivity contribution is 5.95. The quantitative estimate of drug-likeness (QED) is 0.275.